The molecule has 1 saturated carbocycles. The number of nitrogens with one attached hydrogen (secondary N) is 1. The zero-order chi connectivity index (χ0) is 15.0. The number of hydrogen-bond acceptors (Lipinski definition) is 3. The van der Waals surface area contributed by atoms with Gasteiger partial charge in [0, 0.05) is 13.2 Å². The van der Waals surface area contributed by atoms with E-state index in [0.717, 1.165) is 32.3 Å². The van der Waals surface area contributed by atoms with Gasteiger partial charge < -0.3 is 15.0 Å². The van der Waals surface area contributed by atoms with Crippen molar-refractivity contribution in [2.45, 2.75) is 70.1 Å². The van der Waals surface area contributed by atoms with E-state index in [2.05, 4.69) is 5.32 Å². The lowest BCUT2D eigenvalue weighted by Gasteiger charge is -2.48. The quantitative estimate of drug-likeness (QED) is 0.835. The van der Waals surface area contributed by atoms with Crippen LogP contribution in [0.2, 0.25) is 0 Å². The fourth-order valence-electron chi connectivity index (χ4n) is 3.80. The first-order valence-electron chi connectivity index (χ1n) is 8.36. The molecule has 118 valence electrons. The van der Waals surface area contributed by atoms with Crippen LogP contribution in [0.25, 0.3) is 0 Å². The summed E-state index contributed by atoms with van der Waals surface area (Å²) in [4.78, 5) is 27.5. The molecular weight excluding hydrogens is 268 g/mol. The zero-order valence-corrected chi connectivity index (χ0v) is 13.1. The number of carbonyl (C=O) groups excluding carboxylic acids is 2. The van der Waals surface area contributed by atoms with E-state index in [1.807, 2.05) is 18.7 Å². The third kappa shape index (κ3) is 2.45. The van der Waals surface area contributed by atoms with Crippen LogP contribution in [-0.4, -0.2) is 47.6 Å². The van der Waals surface area contributed by atoms with Gasteiger partial charge in [0.1, 0.15) is 11.6 Å². The summed E-state index contributed by atoms with van der Waals surface area (Å²) in [6.45, 7) is 5.33. The second-order valence-electron chi connectivity index (χ2n) is 6.61. The molecule has 2 amide bonds. The maximum Gasteiger partial charge on any atom is 0.246 e. The fourth-order valence-corrected chi connectivity index (χ4v) is 3.80. The summed E-state index contributed by atoms with van der Waals surface area (Å²) in [6, 6.07) is -0.301. The lowest BCUT2D eigenvalue weighted by molar-refractivity contribution is -0.161. The van der Waals surface area contributed by atoms with Crippen LogP contribution in [0.4, 0.5) is 0 Å². The molecule has 0 bridgehead atoms. The lowest BCUT2D eigenvalue weighted by Crippen LogP contribution is -2.71. The topological polar surface area (TPSA) is 58.6 Å². The minimum Gasteiger partial charge on any atom is -0.376 e. The van der Waals surface area contributed by atoms with Crippen molar-refractivity contribution in [2.75, 3.05) is 13.2 Å². The molecule has 0 aromatic rings. The van der Waals surface area contributed by atoms with Gasteiger partial charge in [-0.3, -0.25) is 9.59 Å². The van der Waals surface area contributed by atoms with E-state index in [0.29, 0.717) is 25.3 Å². The van der Waals surface area contributed by atoms with E-state index in [9.17, 15) is 9.59 Å². The first-order valence-corrected chi connectivity index (χ1v) is 8.36. The predicted octanol–water partition coefficient (Wildman–Crippen LogP) is 1.46. The molecule has 2 heterocycles. The van der Waals surface area contributed by atoms with Crippen molar-refractivity contribution in [1.82, 2.24) is 10.2 Å². The average Bonchev–Trinajstić information content (AvgIpc) is 3.20. The molecule has 0 aromatic carbocycles. The molecule has 2 unspecified atom stereocenters. The second-order valence-corrected chi connectivity index (χ2v) is 6.61. The highest BCUT2D eigenvalue weighted by Gasteiger charge is 2.54. The van der Waals surface area contributed by atoms with Crippen molar-refractivity contribution in [3.05, 3.63) is 0 Å². The minimum absolute atomic E-state index is 0.0296. The van der Waals surface area contributed by atoms with Crippen molar-refractivity contribution in [3.8, 4) is 0 Å². The Kier molecular flexibility index (Phi) is 3.95. The van der Waals surface area contributed by atoms with E-state index < -0.39 is 5.54 Å². The van der Waals surface area contributed by atoms with Crippen molar-refractivity contribution in [3.63, 3.8) is 0 Å². The van der Waals surface area contributed by atoms with E-state index in [1.165, 1.54) is 0 Å². The largest absolute Gasteiger partial charge is 0.376 e. The highest BCUT2D eigenvalue weighted by Crippen LogP contribution is 2.39. The van der Waals surface area contributed by atoms with Crippen molar-refractivity contribution in [1.29, 1.82) is 0 Å². The number of carbonyl (C=O) groups is 2. The highest BCUT2D eigenvalue weighted by atomic mass is 16.5. The van der Waals surface area contributed by atoms with Crippen LogP contribution >= 0.6 is 0 Å². The maximum atomic E-state index is 12.9. The normalized spacial score (nSPS) is 32.4. The van der Waals surface area contributed by atoms with E-state index in [-0.39, 0.29) is 24.0 Å². The second kappa shape index (κ2) is 5.59. The van der Waals surface area contributed by atoms with Gasteiger partial charge in [-0.1, -0.05) is 13.8 Å². The van der Waals surface area contributed by atoms with Crippen LogP contribution in [0, 0.1) is 5.92 Å². The highest BCUT2D eigenvalue weighted by molar-refractivity contribution is 6.00. The van der Waals surface area contributed by atoms with Gasteiger partial charge in [0.05, 0.1) is 6.10 Å². The Hall–Kier alpha value is -1.10. The Morgan fingerprint density at radius 1 is 1.24 bits per heavy atom. The van der Waals surface area contributed by atoms with Gasteiger partial charge in [-0.15, -0.1) is 0 Å². The van der Waals surface area contributed by atoms with Gasteiger partial charge >= 0.3 is 0 Å². The Morgan fingerprint density at radius 2 is 1.95 bits per heavy atom. The molecule has 21 heavy (non-hydrogen) atoms. The maximum absolute atomic E-state index is 12.9. The van der Waals surface area contributed by atoms with Crippen molar-refractivity contribution in [2.24, 2.45) is 5.92 Å². The third-order valence-corrected chi connectivity index (χ3v) is 5.43. The van der Waals surface area contributed by atoms with Crippen LogP contribution in [0.3, 0.4) is 0 Å². The predicted molar refractivity (Wildman–Crippen MR) is 78.7 cm³/mol. The molecule has 1 N–H and O–H groups in total. The van der Waals surface area contributed by atoms with Gasteiger partial charge in [-0.25, -0.2) is 0 Å². The summed E-state index contributed by atoms with van der Waals surface area (Å²) in [7, 11) is 0. The molecule has 3 aliphatic rings. The van der Waals surface area contributed by atoms with Gasteiger partial charge in [-0.2, -0.15) is 0 Å². The molecular formula is C16H26N2O3. The number of hydrogen-bond donors (Lipinski definition) is 1. The van der Waals surface area contributed by atoms with Crippen LogP contribution in [-0.2, 0) is 14.3 Å². The molecule has 3 rings (SSSR count). The number of amides is 2. The van der Waals surface area contributed by atoms with E-state index >= 15 is 0 Å². The zero-order valence-electron chi connectivity index (χ0n) is 13.1. The smallest absolute Gasteiger partial charge is 0.246 e. The minimum atomic E-state index is -0.686. The van der Waals surface area contributed by atoms with Crippen LogP contribution < -0.4 is 5.32 Å². The van der Waals surface area contributed by atoms with Gasteiger partial charge in [0.2, 0.25) is 11.8 Å². The Morgan fingerprint density at radius 3 is 2.48 bits per heavy atom. The summed E-state index contributed by atoms with van der Waals surface area (Å²) in [5.74, 6) is 0.485. The first-order chi connectivity index (χ1) is 10.1. The molecule has 5 nitrogen and oxygen atoms in total. The number of piperazine rings is 1. The van der Waals surface area contributed by atoms with Gasteiger partial charge in [0.25, 0.3) is 0 Å². The number of rotatable bonds is 5. The van der Waals surface area contributed by atoms with E-state index in [4.69, 9.17) is 4.74 Å². The summed E-state index contributed by atoms with van der Waals surface area (Å²) >= 11 is 0. The SMILES string of the molecule is CCC1(CC)C(=O)NC(C2CC2)C(=O)N1CC1CCCO1. The Balaban J connectivity index is 1.86. The van der Waals surface area contributed by atoms with Crippen molar-refractivity contribution < 1.29 is 14.3 Å². The summed E-state index contributed by atoms with van der Waals surface area (Å²) in [6.07, 6.45) is 5.55. The summed E-state index contributed by atoms with van der Waals surface area (Å²) in [5, 5.41) is 3.00. The number of nitrogens with zero attached hydrogens (tertiary/aromatic N) is 1. The van der Waals surface area contributed by atoms with Crippen LogP contribution in [0.5, 0.6) is 0 Å². The molecule has 1 aliphatic carbocycles. The van der Waals surface area contributed by atoms with E-state index in [1.54, 1.807) is 0 Å². The summed E-state index contributed by atoms with van der Waals surface area (Å²) in [5.41, 5.74) is -0.686. The molecule has 0 spiro atoms. The van der Waals surface area contributed by atoms with Crippen molar-refractivity contribution >= 4 is 11.8 Å². The monoisotopic (exact) mass is 294 g/mol. The molecule has 2 saturated heterocycles. The Labute approximate surface area is 126 Å². The number of ether oxygens (including phenoxy) is 1. The standard InChI is InChI=1S/C16H26N2O3/c1-3-16(4-2)15(20)17-13(11-7-8-11)14(19)18(16)10-12-6-5-9-21-12/h11-13H,3-10H2,1-2H3,(H,17,20). The third-order valence-electron chi connectivity index (χ3n) is 5.43. The summed E-state index contributed by atoms with van der Waals surface area (Å²) < 4.78 is 5.71. The van der Waals surface area contributed by atoms with Gasteiger partial charge in [-0.05, 0) is 44.4 Å². The van der Waals surface area contributed by atoms with Crippen LogP contribution in [0.1, 0.15) is 52.4 Å². The molecule has 2 atom stereocenters. The molecule has 0 aromatic heterocycles. The molecule has 0 radical (unpaired) electrons. The lowest BCUT2D eigenvalue weighted by atomic mass is 9.84. The average molecular weight is 294 g/mol. The molecule has 2 aliphatic heterocycles. The molecule has 5 heteroatoms. The molecule has 3 fully saturated rings. The Bertz CT molecular complexity index is 423. The van der Waals surface area contributed by atoms with Crippen LogP contribution in [0.15, 0.2) is 0 Å². The first kappa shape index (κ1) is 14.8. The van der Waals surface area contributed by atoms with Gasteiger partial charge in [0.15, 0.2) is 0 Å². The fraction of sp³-hybridized carbons (Fsp3) is 0.875.